The quantitative estimate of drug-likeness (QED) is 0.305. The molecule has 0 fully saturated rings. The Morgan fingerprint density at radius 1 is 1.20 bits per heavy atom. The fourth-order valence-electron chi connectivity index (χ4n) is 2.06. The minimum absolute atomic E-state index is 0. The summed E-state index contributed by atoms with van der Waals surface area (Å²) in [4.78, 5) is 4.40. The van der Waals surface area contributed by atoms with Crippen LogP contribution in [-0.4, -0.2) is 36.9 Å². The number of furan rings is 1. The number of aliphatic imine (C=N–C) groups is 1. The second-order valence-electron chi connectivity index (χ2n) is 5.31. The molecule has 0 saturated carbocycles. The summed E-state index contributed by atoms with van der Waals surface area (Å²) in [5.41, 5.74) is 1.09. The number of hydrogen-bond acceptors (Lipinski definition) is 4. The van der Waals surface area contributed by atoms with Crippen LogP contribution in [0.4, 0.5) is 0 Å². The average Bonchev–Trinajstić information content (AvgIpc) is 3.12. The molecule has 3 N–H and O–H groups in total. The van der Waals surface area contributed by atoms with Crippen molar-refractivity contribution in [3.05, 3.63) is 60.1 Å². The Morgan fingerprint density at radius 2 is 2.00 bits per heavy atom. The van der Waals surface area contributed by atoms with Crippen molar-refractivity contribution in [1.29, 1.82) is 0 Å². The Hall–Kier alpha value is -1.58. The van der Waals surface area contributed by atoms with Crippen LogP contribution in [0.1, 0.15) is 18.2 Å². The lowest BCUT2D eigenvalue weighted by atomic mass is 10.2. The van der Waals surface area contributed by atoms with Gasteiger partial charge in [0.25, 0.3) is 0 Å². The maximum atomic E-state index is 10.0. The molecule has 0 aliphatic heterocycles. The highest BCUT2D eigenvalue weighted by molar-refractivity contribution is 14.0. The third-order valence-electron chi connectivity index (χ3n) is 3.24. The number of nitrogens with one attached hydrogen (secondary N) is 2. The zero-order valence-corrected chi connectivity index (χ0v) is 16.7. The number of hydrogen-bond donors (Lipinski definition) is 3. The number of rotatable bonds is 9. The lowest BCUT2D eigenvalue weighted by molar-refractivity contribution is 0.0308. The van der Waals surface area contributed by atoms with Gasteiger partial charge < -0.3 is 24.9 Å². The van der Waals surface area contributed by atoms with Crippen LogP contribution < -0.4 is 10.6 Å². The van der Waals surface area contributed by atoms with Gasteiger partial charge in [0, 0.05) is 13.1 Å². The summed E-state index contributed by atoms with van der Waals surface area (Å²) in [7, 11) is 0. The van der Waals surface area contributed by atoms with E-state index < -0.39 is 6.10 Å². The van der Waals surface area contributed by atoms with Gasteiger partial charge in [-0.15, -0.1) is 24.0 Å². The van der Waals surface area contributed by atoms with Gasteiger partial charge in [-0.3, -0.25) is 0 Å². The minimum atomic E-state index is -0.610. The Kier molecular flexibility index (Phi) is 10.9. The monoisotopic (exact) mass is 459 g/mol. The fraction of sp³-hybridized carbons (Fsp3) is 0.389. The standard InChI is InChI=1S/C18H25N3O3.HI/c1-2-19-18(21-12-17-9-6-10-24-17)20-11-16(22)14-23-13-15-7-4-3-5-8-15;/h3-10,16,22H,2,11-14H2,1H3,(H2,19,20,21);1H. The van der Waals surface area contributed by atoms with E-state index in [1.165, 1.54) is 0 Å². The van der Waals surface area contributed by atoms with Crippen LogP contribution in [-0.2, 0) is 17.9 Å². The maximum absolute atomic E-state index is 10.0. The first-order chi connectivity index (χ1) is 11.8. The molecule has 0 radical (unpaired) electrons. The minimum Gasteiger partial charge on any atom is -0.467 e. The summed E-state index contributed by atoms with van der Waals surface area (Å²) in [6, 6.07) is 13.6. The Balaban J connectivity index is 0.00000312. The molecule has 2 aromatic rings. The molecule has 1 atom stereocenters. The van der Waals surface area contributed by atoms with Crippen LogP contribution in [0.15, 0.2) is 58.1 Å². The van der Waals surface area contributed by atoms with E-state index in [4.69, 9.17) is 9.15 Å². The Morgan fingerprint density at radius 3 is 2.68 bits per heavy atom. The van der Waals surface area contributed by atoms with Crippen LogP contribution in [0.2, 0.25) is 0 Å². The molecule has 0 spiro atoms. The molecule has 138 valence electrons. The van der Waals surface area contributed by atoms with Crippen LogP contribution in [0.25, 0.3) is 0 Å². The van der Waals surface area contributed by atoms with Gasteiger partial charge in [0.2, 0.25) is 0 Å². The van der Waals surface area contributed by atoms with E-state index in [-0.39, 0.29) is 30.6 Å². The molecule has 2 rings (SSSR count). The van der Waals surface area contributed by atoms with Crippen LogP contribution in [0.3, 0.4) is 0 Å². The fourth-order valence-corrected chi connectivity index (χ4v) is 2.06. The van der Waals surface area contributed by atoms with Crippen LogP contribution >= 0.6 is 24.0 Å². The van der Waals surface area contributed by atoms with Gasteiger partial charge in [0.1, 0.15) is 12.3 Å². The summed E-state index contributed by atoms with van der Waals surface area (Å²) in [5, 5.41) is 16.2. The molecular weight excluding hydrogens is 433 g/mol. The van der Waals surface area contributed by atoms with Crippen molar-refractivity contribution in [2.75, 3.05) is 19.7 Å². The van der Waals surface area contributed by atoms with E-state index in [9.17, 15) is 5.11 Å². The molecule has 25 heavy (non-hydrogen) atoms. The first-order valence-corrected chi connectivity index (χ1v) is 8.12. The van der Waals surface area contributed by atoms with Gasteiger partial charge in [-0.2, -0.15) is 0 Å². The number of benzene rings is 1. The van der Waals surface area contributed by atoms with Gasteiger partial charge in [-0.1, -0.05) is 30.3 Å². The van der Waals surface area contributed by atoms with Gasteiger partial charge in [0.15, 0.2) is 5.96 Å². The number of ether oxygens (including phenoxy) is 1. The van der Waals surface area contributed by atoms with Crippen molar-refractivity contribution in [3.63, 3.8) is 0 Å². The van der Waals surface area contributed by atoms with Crippen molar-refractivity contribution >= 4 is 29.9 Å². The number of guanidine groups is 1. The summed E-state index contributed by atoms with van der Waals surface area (Å²) in [6.07, 6.45) is 1.01. The van der Waals surface area contributed by atoms with E-state index in [2.05, 4.69) is 15.6 Å². The Labute approximate surface area is 165 Å². The highest BCUT2D eigenvalue weighted by Gasteiger charge is 2.06. The summed E-state index contributed by atoms with van der Waals surface area (Å²) in [6.45, 7) is 4.29. The molecule has 0 aliphatic rings. The first kappa shape index (κ1) is 21.5. The SMILES string of the molecule is CCNC(=NCc1ccco1)NCC(O)COCc1ccccc1.I. The molecule has 0 bridgehead atoms. The first-order valence-electron chi connectivity index (χ1n) is 8.12. The zero-order chi connectivity index (χ0) is 17.0. The molecule has 0 amide bonds. The van der Waals surface area contributed by atoms with Crippen molar-refractivity contribution in [3.8, 4) is 0 Å². The molecule has 6 nitrogen and oxygen atoms in total. The van der Waals surface area contributed by atoms with E-state index in [1.54, 1.807) is 6.26 Å². The number of halogens is 1. The lowest BCUT2D eigenvalue weighted by Crippen LogP contribution is -2.42. The van der Waals surface area contributed by atoms with Crippen molar-refractivity contribution in [1.82, 2.24) is 10.6 Å². The molecule has 1 heterocycles. The largest absolute Gasteiger partial charge is 0.467 e. The Bertz CT molecular complexity index is 591. The smallest absolute Gasteiger partial charge is 0.191 e. The van der Waals surface area contributed by atoms with Crippen LogP contribution in [0, 0.1) is 0 Å². The number of nitrogens with zero attached hydrogens (tertiary/aromatic N) is 1. The third-order valence-corrected chi connectivity index (χ3v) is 3.24. The molecule has 1 unspecified atom stereocenters. The summed E-state index contributed by atoms with van der Waals surface area (Å²) < 4.78 is 10.8. The third kappa shape index (κ3) is 8.89. The van der Waals surface area contributed by atoms with Gasteiger partial charge >= 0.3 is 0 Å². The molecule has 7 heteroatoms. The van der Waals surface area contributed by atoms with Crippen LogP contribution in [0.5, 0.6) is 0 Å². The van der Waals surface area contributed by atoms with Crippen molar-refractivity contribution in [2.24, 2.45) is 4.99 Å². The average molecular weight is 459 g/mol. The highest BCUT2D eigenvalue weighted by Crippen LogP contribution is 2.02. The second-order valence-corrected chi connectivity index (χ2v) is 5.31. The van der Waals surface area contributed by atoms with E-state index >= 15 is 0 Å². The lowest BCUT2D eigenvalue weighted by Gasteiger charge is -2.15. The number of aliphatic hydroxyl groups excluding tert-OH is 1. The van der Waals surface area contributed by atoms with E-state index in [0.29, 0.717) is 25.7 Å². The molecule has 1 aromatic heterocycles. The normalized spacial score (nSPS) is 12.3. The van der Waals surface area contributed by atoms with Gasteiger partial charge in [-0.05, 0) is 24.6 Å². The predicted molar refractivity (Wildman–Crippen MR) is 109 cm³/mol. The van der Waals surface area contributed by atoms with Crippen molar-refractivity contribution < 1.29 is 14.3 Å². The van der Waals surface area contributed by atoms with E-state index in [0.717, 1.165) is 17.9 Å². The molecule has 0 saturated heterocycles. The van der Waals surface area contributed by atoms with Crippen molar-refractivity contribution in [2.45, 2.75) is 26.2 Å². The maximum Gasteiger partial charge on any atom is 0.191 e. The molecule has 0 aliphatic carbocycles. The van der Waals surface area contributed by atoms with Gasteiger partial charge in [0.05, 0.1) is 25.6 Å². The zero-order valence-electron chi connectivity index (χ0n) is 14.4. The predicted octanol–water partition coefficient (Wildman–Crippen LogP) is 2.53. The topological polar surface area (TPSA) is 79.0 Å². The van der Waals surface area contributed by atoms with Gasteiger partial charge in [-0.25, -0.2) is 4.99 Å². The summed E-state index contributed by atoms with van der Waals surface area (Å²) >= 11 is 0. The molecular formula is C18H26IN3O3. The number of aliphatic hydroxyl groups is 1. The van der Waals surface area contributed by atoms with E-state index in [1.807, 2.05) is 49.4 Å². The summed E-state index contributed by atoms with van der Waals surface area (Å²) in [5.74, 6) is 1.43. The highest BCUT2D eigenvalue weighted by atomic mass is 127. The second kappa shape index (κ2) is 12.7. The molecule has 1 aromatic carbocycles.